The van der Waals surface area contributed by atoms with Crippen molar-refractivity contribution in [3.05, 3.63) is 33.0 Å². The number of benzene rings is 1. The molecular weight excluding hydrogens is 491 g/mol. The Morgan fingerprint density at radius 3 is 2.38 bits per heavy atom. The summed E-state index contributed by atoms with van der Waals surface area (Å²) < 4.78 is 17.2. The molecule has 2 rings (SSSR count). The van der Waals surface area contributed by atoms with Crippen molar-refractivity contribution in [1.29, 1.82) is 0 Å². The lowest BCUT2D eigenvalue weighted by Gasteiger charge is -2.10. The smallest absolute Gasteiger partial charge is 0.356 e. The monoisotopic (exact) mass is 510 g/mol. The minimum atomic E-state index is -0.416. The van der Waals surface area contributed by atoms with Gasteiger partial charge in [-0.15, -0.1) is 12.4 Å². The van der Waals surface area contributed by atoms with E-state index in [1.807, 2.05) is 37.2 Å². The van der Waals surface area contributed by atoms with Gasteiger partial charge in [-0.25, -0.2) is 4.79 Å². The van der Waals surface area contributed by atoms with Gasteiger partial charge in [-0.1, -0.05) is 6.07 Å². The Kier molecular flexibility index (Phi) is 8.95. The minimum absolute atomic E-state index is 0. The number of rotatable bonds is 7. The van der Waals surface area contributed by atoms with Gasteiger partial charge < -0.3 is 24.1 Å². The molecule has 0 bridgehead atoms. The highest BCUT2D eigenvalue weighted by Gasteiger charge is 2.22. The fourth-order valence-corrected chi connectivity index (χ4v) is 3.81. The molecule has 1 N–H and O–H groups in total. The highest BCUT2D eigenvalue weighted by Crippen LogP contribution is 2.41. The van der Waals surface area contributed by atoms with E-state index >= 15 is 0 Å². The zero-order chi connectivity index (χ0) is 18.6. The third kappa shape index (κ3) is 5.16. The van der Waals surface area contributed by atoms with Crippen LogP contribution in [0.1, 0.15) is 10.5 Å². The number of nitrogens with zero attached hydrogens (tertiary/aromatic N) is 1. The molecule has 0 aliphatic heterocycles. The maximum absolute atomic E-state index is 12.3. The first-order chi connectivity index (χ1) is 11.9. The van der Waals surface area contributed by atoms with E-state index < -0.39 is 5.97 Å². The van der Waals surface area contributed by atoms with Crippen LogP contribution in [0, 0.1) is 0 Å². The molecule has 0 saturated heterocycles. The van der Waals surface area contributed by atoms with E-state index in [-0.39, 0.29) is 12.4 Å². The van der Waals surface area contributed by atoms with Crippen LogP contribution in [0.15, 0.2) is 27.3 Å². The number of aromatic amines is 1. The molecule has 26 heavy (non-hydrogen) atoms. The summed E-state index contributed by atoms with van der Waals surface area (Å²) in [5, 5.41) is 0. The van der Waals surface area contributed by atoms with Gasteiger partial charge in [-0.3, -0.25) is 0 Å². The van der Waals surface area contributed by atoms with Crippen molar-refractivity contribution in [2.45, 2.75) is 0 Å². The van der Waals surface area contributed by atoms with Gasteiger partial charge in [0.2, 0.25) is 0 Å². The largest absolute Gasteiger partial charge is 0.493 e. The molecule has 1 heterocycles. The number of carbonyl (C=O) groups is 1. The van der Waals surface area contributed by atoms with Gasteiger partial charge in [0.15, 0.2) is 11.5 Å². The summed E-state index contributed by atoms with van der Waals surface area (Å²) in [7, 11) is 7.01. The molecule has 0 amide bonds. The first-order valence-electron chi connectivity index (χ1n) is 7.50. The van der Waals surface area contributed by atoms with Crippen molar-refractivity contribution in [3.8, 4) is 22.6 Å². The lowest BCUT2D eigenvalue weighted by Crippen LogP contribution is -2.20. The second-order valence-electron chi connectivity index (χ2n) is 5.51. The second-order valence-corrected chi connectivity index (χ2v) is 7.10. The van der Waals surface area contributed by atoms with E-state index in [2.05, 4.69) is 36.8 Å². The van der Waals surface area contributed by atoms with Gasteiger partial charge in [0.05, 0.1) is 23.3 Å². The van der Waals surface area contributed by atoms with Crippen molar-refractivity contribution in [3.63, 3.8) is 0 Å². The average Bonchev–Trinajstić information content (AvgIpc) is 2.88. The number of carbonyl (C=O) groups excluding carboxylic acids is 1. The minimum Gasteiger partial charge on any atom is -0.493 e. The van der Waals surface area contributed by atoms with Crippen LogP contribution in [0.5, 0.6) is 11.5 Å². The molecule has 1 aromatic heterocycles. The number of H-pyrrole nitrogens is 1. The molecular formula is C17H21Br2ClN2O4. The summed E-state index contributed by atoms with van der Waals surface area (Å²) >= 11 is 6.97. The number of nitrogens with one attached hydrogen (secondary N) is 1. The first-order valence-corrected chi connectivity index (χ1v) is 9.08. The summed E-state index contributed by atoms with van der Waals surface area (Å²) in [6.07, 6.45) is 0. The number of aromatic nitrogens is 1. The van der Waals surface area contributed by atoms with Crippen LogP contribution >= 0.6 is 44.3 Å². The van der Waals surface area contributed by atoms with E-state index in [1.54, 1.807) is 14.2 Å². The number of methoxy groups -OCH3 is 2. The molecule has 2 aromatic rings. The molecule has 0 fully saturated rings. The third-order valence-electron chi connectivity index (χ3n) is 3.54. The Labute approximate surface area is 175 Å². The molecule has 0 aliphatic carbocycles. The lowest BCUT2D eigenvalue weighted by atomic mass is 10.1. The quantitative estimate of drug-likeness (QED) is 0.559. The molecule has 6 nitrogen and oxygen atoms in total. The Morgan fingerprint density at radius 2 is 1.81 bits per heavy atom. The van der Waals surface area contributed by atoms with Crippen LogP contribution in [0.25, 0.3) is 11.1 Å². The molecule has 0 saturated carbocycles. The maximum Gasteiger partial charge on any atom is 0.356 e. The molecule has 0 aliphatic rings. The van der Waals surface area contributed by atoms with E-state index in [0.29, 0.717) is 39.4 Å². The SMILES string of the molecule is COc1ccc(-c2c(Br)[nH]c(C(=O)OCCN(C)C)c2Br)cc1OC.Cl. The Hall–Kier alpha value is -1.22. The highest BCUT2D eigenvalue weighted by molar-refractivity contribution is 9.11. The van der Waals surface area contributed by atoms with Crippen LogP contribution in [-0.2, 0) is 4.74 Å². The summed E-state index contributed by atoms with van der Waals surface area (Å²) in [6, 6.07) is 5.55. The summed E-state index contributed by atoms with van der Waals surface area (Å²) in [5.74, 6) is 0.827. The predicted molar refractivity (Wildman–Crippen MR) is 111 cm³/mol. The van der Waals surface area contributed by atoms with Crippen LogP contribution in [0.2, 0.25) is 0 Å². The van der Waals surface area contributed by atoms with Crippen molar-refractivity contribution >= 4 is 50.2 Å². The number of halogens is 3. The predicted octanol–water partition coefficient (Wildman–Crippen LogP) is 4.36. The lowest BCUT2D eigenvalue weighted by molar-refractivity contribution is 0.0474. The zero-order valence-corrected chi connectivity index (χ0v) is 18.9. The maximum atomic E-state index is 12.3. The van der Waals surface area contributed by atoms with Gasteiger partial charge in [-0.2, -0.15) is 0 Å². The Balaban J connectivity index is 0.00000338. The Bertz CT molecular complexity index is 765. The van der Waals surface area contributed by atoms with Gasteiger partial charge in [0.25, 0.3) is 0 Å². The van der Waals surface area contributed by atoms with Crippen LogP contribution in [0.4, 0.5) is 0 Å². The molecule has 0 radical (unpaired) electrons. The average molecular weight is 513 g/mol. The van der Waals surface area contributed by atoms with Crippen LogP contribution < -0.4 is 9.47 Å². The van der Waals surface area contributed by atoms with Crippen molar-refractivity contribution in [2.24, 2.45) is 0 Å². The van der Waals surface area contributed by atoms with Gasteiger partial charge in [0, 0.05) is 12.1 Å². The third-order valence-corrected chi connectivity index (χ3v) is 4.93. The standard InChI is InChI=1S/C17H20Br2N2O4.ClH/c1-21(2)7-8-25-17(22)15-14(18)13(16(19)20-15)10-5-6-11(23-3)12(9-10)24-4;/h5-6,9,20H,7-8H2,1-4H3;1H. The van der Waals surface area contributed by atoms with Crippen molar-refractivity contribution in [2.75, 3.05) is 41.5 Å². The summed E-state index contributed by atoms with van der Waals surface area (Å²) in [6.45, 7) is 0.981. The fourth-order valence-electron chi connectivity index (χ4n) is 2.23. The number of likely N-dealkylation sites (N-methyl/N-ethyl adjacent to an activating group) is 1. The summed E-state index contributed by atoms with van der Waals surface area (Å²) in [5.41, 5.74) is 2.02. The van der Waals surface area contributed by atoms with E-state index in [9.17, 15) is 4.79 Å². The summed E-state index contributed by atoms with van der Waals surface area (Å²) in [4.78, 5) is 17.3. The van der Waals surface area contributed by atoms with E-state index in [1.165, 1.54) is 0 Å². The van der Waals surface area contributed by atoms with Gasteiger partial charge >= 0.3 is 5.97 Å². The molecule has 0 unspecified atom stereocenters. The first kappa shape index (κ1) is 22.8. The van der Waals surface area contributed by atoms with E-state index in [4.69, 9.17) is 14.2 Å². The fraction of sp³-hybridized carbons (Fsp3) is 0.353. The van der Waals surface area contributed by atoms with Gasteiger partial charge in [-0.05, 0) is 63.7 Å². The molecule has 9 heteroatoms. The van der Waals surface area contributed by atoms with Crippen LogP contribution in [-0.4, -0.2) is 57.3 Å². The van der Waals surface area contributed by atoms with Crippen LogP contribution in [0.3, 0.4) is 0 Å². The normalized spacial score (nSPS) is 10.4. The number of ether oxygens (including phenoxy) is 3. The van der Waals surface area contributed by atoms with E-state index in [0.717, 1.165) is 11.1 Å². The molecule has 144 valence electrons. The topological polar surface area (TPSA) is 63.8 Å². The molecule has 0 spiro atoms. The van der Waals surface area contributed by atoms with Crippen molar-refractivity contribution in [1.82, 2.24) is 9.88 Å². The van der Waals surface area contributed by atoms with Gasteiger partial charge in [0.1, 0.15) is 12.3 Å². The zero-order valence-electron chi connectivity index (χ0n) is 14.9. The molecule has 1 aromatic carbocycles. The number of hydrogen-bond acceptors (Lipinski definition) is 5. The Morgan fingerprint density at radius 1 is 1.15 bits per heavy atom. The number of hydrogen-bond donors (Lipinski definition) is 1. The molecule has 0 atom stereocenters. The number of esters is 1. The second kappa shape index (κ2) is 10.2. The highest BCUT2D eigenvalue weighted by atomic mass is 79.9. The van der Waals surface area contributed by atoms with Crippen molar-refractivity contribution < 1.29 is 19.0 Å².